The van der Waals surface area contributed by atoms with Gasteiger partial charge in [-0.2, -0.15) is 5.10 Å². The van der Waals surface area contributed by atoms with Crippen molar-refractivity contribution in [1.29, 1.82) is 0 Å². The number of hydrogen-bond donors (Lipinski definition) is 1. The lowest BCUT2D eigenvalue weighted by Gasteiger charge is -2.00. The molecule has 0 spiro atoms. The van der Waals surface area contributed by atoms with E-state index in [4.69, 9.17) is 5.73 Å². The number of hydrogen-bond acceptors (Lipinski definition) is 8. The number of nitrogens with zero attached hydrogens (tertiary/aromatic N) is 4. The lowest BCUT2D eigenvalue weighted by Crippen LogP contribution is -2.13. The average Bonchev–Trinajstić information content (AvgIpc) is 3.19. The van der Waals surface area contributed by atoms with Gasteiger partial charge in [0.15, 0.2) is 10.6 Å². The van der Waals surface area contributed by atoms with Crippen LogP contribution in [0.15, 0.2) is 34.8 Å². The third kappa shape index (κ3) is 3.52. The number of carbonyl (C=O) groups excluding carboxylic acids is 2. The molecular weight excluding hydrogens is 346 g/mol. The molecular formula is C15H13N5O2S2. The van der Waals surface area contributed by atoms with E-state index in [1.165, 1.54) is 34.0 Å². The highest BCUT2D eigenvalue weighted by Crippen LogP contribution is 2.24. The smallest absolute Gasteiger partial charge is 0.257 e. The van der Waals surface area contributed by atoms with Crippen molar-refractivity contribution in [3.63, 3.8) is 0 Å². The van der Waals surface area contributed by atoms with E-state index < -0.39 is 0 Å². The van der Waals surface area contributed by atoms with E-state index in [-0.39, 0.29) is 11.7 Å². The van der Waals surface area contributed by atoms with Gasteiger partial charge in [-0.3, -0.25) is 9.59 Å². The third-order valence-electron chi connectivity index (χ3n) is 3.14. The largest absolute Gasteiger partial charge is 0.399 e. The van der Waals surface area contributed by atoms with Crippen LogP contribution >= 0.6 is 23.1 Å². The number of carbonyl (C=O) groups is 2. The summed E-state index contributed by atoms with van der Waals surface area (Å²) >= 11 is 2.72. The predicted molar refractivity (Wildman–Crippen MR) is 93.5 cm³/mol. The molecule has 2 N–H and O–H groups in total. The minimum atomic E-state index is -0.238. The summed E-state index contributed by atoms with van der Waals surface area (Å²) in [5.74, 6) is -0.0758. The normalized spacial score (nSPS) is 10.7. The van der Waals surface area contributed by atoms with Crippen molar-refractivity contribution in [3.05, 3.63) is 41.0 Å². The zero-order valence-electron chi connectivity index (χ0n) is 12.7. The number of nitrogen functional groups attached to an aromatic ring is 1. The Bertz CT molecular complexity index is 886. The van der Waals surface area contributed by atoms with E-state index in [1.807, 2.05) is 6.92 Å². The van der Waals surface area contributed by atoms with Gasteiger partial charge in [0.2, 0.25) is 0 Å². The maximum Gasteiger partial charge on any atom is 0.257 e. The molecule has 24 heavy (non-hydrogen) atoms. The van der Waals surface area contributed by atoms with E-state index in [2.05, 4.69) is 15.3 Å². The number of anilines is 1. The van der Waals surface area contributed by atoms with E-state index in [0.29, 0.717) is 23.2 Å². The second kappa shape index (κ2) is 6.93. The van der Waals surface area contributed by atoms with Gasteiger partial charge in [0.25, 0.3) is 5.91 Å². The molecule has 0 unspecified atom stereocenters. The second-order valence-corrected chi connectivity index (χ2v) is 7.29. The Balaban J connectivity index is 1.79. The standard InChI is InChI=1S/C15H13N5O2S2/c1-9-17-18-15(24-9)23-8-13(22)20-6-11(7-21)14(19-20)10-2-4-12(16)5-3-10/h2-7H,8,16H2,1H3. The predicted octanol–water partition coefficient (Wildman–Crippen LogP) is 2.54. The number of aromatic nitrogens is 4. The zero-order valence-corrected chi connectivity index (χ0v) is 14.3. The van der Waals surface area contributed by atoms with E-state index in [0.717, 1.165) is 14.9 Å². The maximum absolute atomic E-state index is 12.3. The fourth-order valence-corrected chi connectivity index (χ4v) is 3.66. The third-order valence-corrected chi connectivity index (χ3v) is 5.09. The van der Waals surface area contributed by atoms with Crippen LogP contribution in [-0.2, 0) is 0 Å². The highest BCUT2D eigenvalue weighted by atomic mass is 32.2. The van der Waals surface area contributed by atoms with Crippen LogP contribution in [0.5, 0.6) is 0 Å². The first-order valence-electron chi connectivity index (χ1n) is 6.93. The Morgan fingerprint density at radius 2 is 2.08 bits per heavy atom. The van der Waals surface area contributed by atoms with Gasteiger partial charge in [-0.15, -0.1) is 10.2 Å². The van der Waals surface area contributed by atoms with Gasteiger partial charge in [-0.25, -0.2) is 4.68 Å². The monoisotopic (exact) mass is 359 g/mol. The molecule has 0 atom stereocenters. The molecule has 3 rings (SSSR count). The Hall–Kier alpha value is -2.52. The van der Waals surface area contributed by atoms with Crippen molar-refractivity contribution < 1.29 is 9.59 Å². The van der Waals surface area contributed by atoms with Gasteiger partial charge in [-0.05, 0) is 19.1 Å². The molecule has 0 amide bonds. The summed E-state index contributed by atoms with van der Waals surface area (Å²) in [7, 11) is 0. The molecule has 122 valence electrons. The summed E-state index contributed by atoms with van der Waals surface area (Å²) in [6.07, 6.45) is 2.12. The summed E-state index contributed by atoms with van der Waals surface area (Å²) in [4.78, 5) is 23.6. The van der Waals surface area contributed by atoms with Crippen LogP contribution in [0.4, 0.5) is 5.69 Å². The summed E-state index contributed by atoms with van der Waals surface area (Å²) < 4.78 is 1.92. The Morgan fingerprint density at radius 3 is 2.71 bits per heavy atom. The lowest BCUT2D eigenvalue weighted by atomic mass is 10.1. The number of aldehydes is 1. The van der Waals surface area contributed by atoms with Gasteiger partial charge in [0.1, 0.15) is 10.7 Å². The van der Waals surface area contributed by atoms with Crippen molar-refractivity contribution in [2.75, 3.05) is 11.5 Å². The van der Waals surface area contributed by atoms with Gasteiger partial charge in [0.05, 0.1) is 11.3 Å². The highest BCUT2D eigenvalue weighted by molar-refractivity contribution is 8.01. The molecule has 9 heteroatoms. The topological polar surface area (TPSA) is 104 Å². The van der Waals surface area contributed by atoms with Crippen LogP contribution < -0.4 is 5.73 Å². The van der Waals surface area contributed by atoms with E-state index in [1.54, 1.807) is 24.3 Å². The quantitative estimate of drug-likeness (QED) is 0.424. The first-order chi connectivity index (χ1) is 11.6. The van der Waals surface area contributed by atoms with Crippen LogP contribution in [-0.4, -0.2) is 37.9 Å². The molecule has 0 aliphatic heterocycles. The van der Waals surface area contributed by atoms with E-state index in [9.17, 15) is 9.59 Å². The lowest BCUT2D eigenvalue weighted by molar-refractivity contribution is 0.0927. The Kier molecular flexibility index (Phi) is 4.72. The number of nitrogens with two attached hydrogens (primary N) is 1. The molecule has 7 nitrogen and oxygen atoms in total. The van der Waals surface area contributed by atoms with Gasteiger partial charge in [-0.1, -0.05) is 35.2 Å². The van der Waals surface area contributed by atoms with Crippen molar-refractivity contribution in [3.8, 4) is 11.3 Å². The fourth-order valence-electron chi connectivity index (χ4n) is 1.99. The number of thioether (sulfide) groups is 1. The van der Waals surface area contributed by atoms with Gasteiger partial charge < -0.3 is 5.73 Å². The minimum absolute atomic E-state index is 0.162. The van der Waals surface area contributed by atoms with E-state index >= 15 is 0 Å². The molecule has 0 bridgehead atoms. The maximum atomic E-state index is 12.3. The molecule has 2 aromatic heterocycles. The van der Waals surface area contributed by atoms with Gasteiger partial charge >= 0.3 is 0 Å². The summed E-state index contributed by atoms with van der Waals surface area (Å²) in [5, 5.41) is 13.0. The first kappa shape index (κ1) is 16.3. The summed E-state index contributed by atoms with van der Waals surface area (Å²) in [5.41, 5.74) is 7.81. The number of rotatable bonds is 5. The molecule has 3 aromatic rings. The SMILES string of the molecule is Cc1nnc(SCC(=O)n2cc(C=O)c(-c3ccc(N)cc3)n2)s1. The fraction of sp³-hybridized carbons (Fsp3) is 0.133. The molecule has 1 aromatic carbocycles. The van der Waals surface area contributed by atoms with Crippen LogP contribution in [0, 0.1) is 6.92 Å². The van der Waals surface area contributed by atoms with Crippen molar-refractivity contribution in [2.45, 2.75) is 11.3 Å². The van der Waals surface area contributed by atoms with Crippen molar-refractivity contribution >= 4 is 41.0 Å². The minimum Gasteiger partial charge on any atom is -0.399 e. The zero-order chi connectivity index (χ0) is 17.1. The van der Waals surface area contributed by atoms with Crippen LogP contribution in [0.1, 0.15) is 20.2 Å². The molecule has 0 radical (unpaired) electrons. The highest BCUT2D eigenvalue weighted by Gasteiger charge is 2.15. The Labute approximate surface area is 145 Å². The first-order valence-corrected chi connectivity index (χ1v) is 8.74. The van der Waals surface area contributed by atoms with Crippen molar-refractivity contribution in [2.24, 2.45) is 0 Å². The molecule has 0 saturated carbocycles. The molecule has 2 heterocycles. The van der Waals surface area contributed by atoms with Crippen LogP contribution in [0.2, 0.25) is 0 Å². The number of aryl methyl sites for hydroxylation is 1. The summed E-state index contributed by atoms with van der Waals surface area (Å²) in [6, 6.07) is 6.97. The molecule has 0 aliphatic rings. The molecule has 0 fully saturated rings. The molecule has 0 saturated heterocycles. The Morgan fingerprint density at radius 1 is 1.33 bits per heavy atom. The molecule has 0 aliphatic carbocycles. The number of benzene rings is 1. The van der Waals surface area contributed by atoms with Crippen LogP contribution in [0.3, 0.4) is 0 Å². The summed E-state index contributed by atoms with van der Waals surface area (Å²) in [6.45, 7) is 1.85. The van der Waals surface area contributed by atoms with Crippen molar-refractivity contribution in [1.82, 2.24) is 20.0 Å². The van der Waals surface area contributed by atoms with Crippen LogP contribution in [0.25, 0.3) is 11.3 Å². The average molecular weight is 359 g/mol. The van der Waals surface area contributed by atoms with Gasteiger partial charge in [0, 0.05) is 17.4 Å². The second-order valence-electron chi connectivity index (χ2n) is 4.89.